The minimum Gasteiger partial charge on any atom is -0.388 e. The molecule has 0 spiro atoms. The molecule has 1 aliphatic heterocycles. The molecule has 0 radical (unpaired) electrons. The van der Waals surface area contributed by atoms with Gasteiger partial charge in [-0.1, -0.05) is 11.6 Å². The minimum absolute atomic E-state index is 0.0549. The monoisotopic (exact) mass is 333 g/mol. The summed E-state index contributed by atoms with van der Waals surface area (Å²) in [6, 6.07) is 7.29. The first-order chi connectivity index (χ1) is 10.8. The Hall–Kier alpha value is -1.85. The Bertz CT molecular complexity index is 750. The van der Waals surface area contributed by atoms with Crippen LogP contribution in [0, 0.1) is 13.8 Å². The number of aryl methyl sites for hydroxylation is 1. The van der Waals surface area contributed by atoms with Gasteiger partial charge in [0.1, 0.15) is 0 Å². The molecule has 6 heteroatoms. The van der Waals surface area contributed by atoms with Gasteiger partial charge in [0.05, 0.1) is 27.7 Å². The first-order valence-electron chi connectivity index (χ1n) is 7.62. The van der Waals surface area contributed by atoms with E-state index >= 15 is 0 Å². The Balaban J connectivity index is 1.82. The van der Waals surface area contributed by atoms with Crippen LogP contribution in [0.5, 0.6) is 0 Å². The van der Waals surface area contributed by atoms with Crippen LogP contribution < -0.4 is 0 Å². The quantitative estimate of drug-likeness (QED) is 0.919. The van der Waals surface area contributed by atoms with Gasteiger partial charge in [-0.2, -0.15) is 5.10 Å². The van der Waals surface area contributed by atoms with Crippen LogP contribution >= 0.6 is 11.6 Å². The van der Waals surface area contributed by atoms with Gasteiger partial charge in [-0.05, 0) is 51.5 Å². The fourth-order valence-corrected chi connectivity index (χ4v) is 3.04. The number of aromatic nitrogens is 2. The van der Waals surface area contributed by atoms with Crippen molar-refractivity contribution in [3.8, 4) is 5.69 Å². The Morgan fingerprint density at radius 1 is 1.30 bits per heavy atom. The second kappa shape index (κ2) is 5.65. The highest BCUT2D eigenvalue weighted by molar-refractivity contribution is 6.31. The van der Waals surface area contributed by atoms with Crippen molar-refractivity contribution < 1.29 is 9.90 Å². The zero-order chi connectivity index (χ0) is 16.8. The predicted molar refractivity (Wildman–Crippen MR) is 89.2 cm³/mol. The molecule has 0 saturated carbocycles. The second-order valence-electron chi connectivity index (χ2n) is 6.42. The molecule has 23 heavy (non-hydrogen) atoms. The summed E-state index contributed by atoms with van der Waals surface area (Å²) in [6.45, 7) is 6.49. The van der Waals surface area contributed by atoms with Crippen LogP contribution in [0.1, 0.15) is 35.1 Å². The first kappa shape index (κ1) is 16.0. The number of likely N-dealkylation sites (tertiary alicyclic amines) is 1. The van der Waals surface area contributed by atoms with Crippen molar-refractivity contribution in [1.82, 2.24) is 14.7 Å². The van der Waals surface area contributed by atoms with Gasteiger partial charge >= 0.3 is 0 Å². The van der Waals surface area contributed by atoms with Crippen LogP contribution in [0.15, 0.2) is 24.3 Å². The highest BCUT2D eigenvalue weighted by atomic mass is 35.5. The third-order valence-electron chi connectivity index (χ3n) is 4.30. The number of rotatable bonds is 2. The zero-order valence-corrected chi connectivity index (χ0v) is 14.3. The largest absolute Gasteiger partial charge is 0.388 e. The van der Waals surface area contributed by atoms with Crippen molar-refractivity contribution in [3.63, 3.8) is 0 Å². The number of hydrogen-bond acceptors (Lipinski definition) is 3. The number of amides is 1. The summed E-state index contributed by atoms with van der Waals surface area (Å²) < 4.78 is 1.77. The lowest BCUT2D eigenvalue weighted by Crippen LogP contribution is -2.33. The van der Waals surface area contributed by atoms with E-state index in [1.807, 2.05) is 26.0 Å². The summed E-state index contributed by atoms with van der Waals surface area (Å²) in [7, 11) is 0. The maximum Gasteiger partial charge on any atom is 0.253 e. The average Bonchev–Trinajstić information content (AvgIpc) is 3.01. The molecule has 1 aromatic heterocycles. The molecule has 0 bridgehead atoms. The molecule has 1 unspecified atom stereocenters. The van der Waals surface area contributed by atoms with Crippen molar-refractivity contribution in [1.29, 1.82) is 0 Å². The topological polar surface area (TPSA) is 58.4 Å². The van der Waals surface area contributed by atoms with Crippen LogP contribution in [-0.4, -0.2) is 44.4 Å². The number of nitrogens with zero attached hydrogens (tertiary/aromatic N) is 3. The molecule has 1 saturated heterocycles. The van der Waals surface area contributed by atoms with Crippen LogP contribution in [0.2, 0.25) is 5.02 Å². The number of benzene rings is 1. The summed E-state index contributed by atoms with van der Waals surface area (Å²) in [5.74, 6) is -0.0549. The normalized spacial score (nSPS) is 21.0. The molecule has 2 aromatic rings. The third-order valence-corrected chi connectivity index (χ3v) is 4.85. The number of aliphatic hydroxyl groups is 1. The van der Waals surface area contributed by atoms with Gasteiger partial charge in [-0.3, -0.25) is 4.79 Å². The fourth-order valence-electron chi connectivity index (χ4n) is 2.92. The number of carbonyl (C=O) groups excluding carboxylic acids is 1. The Morgan fingerprint density at radius 3 is 2.43 bits per heavy atom. The molecule has 1 N–H and O–H groups in total. The second-order valence-corrected chi connectivity index (χ2v) is 6.80. The van der Waals surface area contributed by atoms with Crippen molar-refractivity contribution in [3.05, 3.63) is 46.2 Å². The van der Waals surface area contributed by atoms with Crippen molar-refractivity contribution in [2.45, 2.75) is 32.8 Å². The molecule has 1 fully saturated rings. The lowest BCUT2D eigenvalue weighted by molar-refractivity contribution is 0.0572. The average molecular weight is 334 g/mol. The van der Waals surface area contributed by atoms with Crippen LogP contribution in [0.3, 0.4) is 0 Å². The molecule has 1 aliphatic rings. The molecular formula is C17H20ClN3O2. The molecule has 1 aromatic carbocycles. The zero-order valence-electron chi connectivity index (χ0n) is 13.5. The number of carbonyl (C=O) groups is 1. The van der Waals surface area contributed by atoms with Gasteiger partial charge in [-0.25, -0.2) is 4.68 Å². The van der Waals surface area contributed by atoms with E-state index in [-0.39, 0.29) is 5.91 Å². The minimum atomic E-state index is -0.782. The molecule has 5 nitrogen and oxygen atoms in total. The Morgan fingerprint density at radius 2 is 1.96 bits per heavy atom. The number of β-amino-alcohol motifs (C(OH)–C–C–N with tert-alkyl or cyclic N) is 1. The Labute approximate surface area is 140 Å². The maximum atomic E-state index is 12.5. The fraction of sp³-hybridized carbons (Fsp3) is 0.412. The highest BCUT2D eigenvalue weighted by Crippen LogP contribution is 2.24. The Kier molecular flexibility index (Phi) is 3.94. The highest BCUT2D eigenvalue weighted by Gasteiger charge is 2.34. The van der Waals surface area contributed by atoms with Gasteiger partial charge in [0.2, 0.25) is 0 Å². The van der Waals surface area contributed by atoms with Crippen LogP contribution in [0.25, 0.3) is 5.69 Å². The number of hydrogen-bond donors (Lipinski definition) is 1. The van der Waals surface area contributed by atoms with Gasteiger partial charge in [0.15, 0.2) is 0 Å². The first-order valence-corrected chi connectivity index (χ1v) is 8.00. The third kappa shape index (κ3) is 2.99. The molecule has 0 aliphatic carbocycles. The summed E-state index contributed by atoms with van der Waals surface area (Å²) in [5.41, 5.74) is 2.35. The summed E-state index contributed by atoms with van der Waals surface area (Å²) in [4.78, 5) is 14.2. The van der Waals surface area contributed by atoms with Crippen LogP contribution in [-0.2, 0) is 0 Å². The molecule has 2 heterocycles. The van der Waals surface area contributed by atoms with Crippen LogP contribution in [0.4, 0.5) is 0 Å². The van der Waals surface area contributed by atoms with E-state index < -0.39 is 5.60 Å². The van der Waals surface area contributed by atoms with Crippen molar-refractivity contribution in [2.75, 3.05) is 13.1 Å². The van der Waals surface area contributed by atoms with Gasteiger partial charge in [-0.15, -0.1) is 0 Å². The lowest BCUT2D eigenvalue weighted by Gasteiger charge is -2.19. The smallest absolute Gasteiger partial charge is 0.253 e. The molecule has 1 amide bonds. The van der Waals surface area contributed by atoms with Gasteiger partial charge in [0.25, 0.3) is 5.91 Å². The van der Waals surface area contributed by atoms with Gasteiger partial charge < -0.3 is 10.0 Å². The summed E-state index contributed by atoms with van der Waals surface area (Å²) in [6.07, 6.45) is 0.612. The lowest BCUT2D eigenvalue weighted by atomic mass is 10.1. The van der Waals surface area contributed by atoms with E-state index in [1.165, 1.54) is 0 Å². The van der Waals surface area contributed by atoms with Crippen molar-refractivity contribution >= 4 is 17.5 Å². The van der Waals surface area contributed by atoms with Gasteiger partial charge in [0, 0.05) is 18.7 Å². The SMILES string of the molecule is Cc1nn(-c2ccc(C(=O)N3CCC(C)(O)C3)cc2)c(C)c1Cl. The molecule has 3 rings (SSSR count). The standard InChI is InChI=1S/C17H20ClN3O2/c1-11-15(18)12(2)21(19-11)14-6-4-13(5-7-14)16(22)20-9-8-17(3,23)10-20/h4-7,23H,8-10H2,1-3H3. The predicted octanol–water partition coefficient (Wildman–Crippen LogP) is 2.74. The molecule has 1 atom stereocenters. The summed E-state index contributed by atoms with van der Waals surface area (Å²) >= 11 is 6.18. The summed E-state index contributed by atoms with van der Waals surface area (Å²) in [5, 5.41) is 15.1. The maximum absolute atomic E-state index is 12.5. The van der Waals surface area contributed by atoms with E-state index in [9.17, 15) is 9.90 Å². The number of halogens is 1. The molecular weight excluding hydrogens is 314 g/mol. The molecule has 122 valence electrons. The van der Waals surface area contributed by atoms with Crippen molar-refractivity contribution in [2.24, 2.45) is 0 Å². The van der Waals surface area contributed by atoms with E-state index in [0.717, 1.165) is 17.1 Å². The van der Waals surface area contributed by atoms with E-state index in [4.69, 9.17) is 11.6 Å². The van der Waals surface area contributed by atoms with E-state index in [0.29, 0.717) is 30.1 Å². The van der Waals surface area contributed by atoms with E-state index in [1.54, 1.807) is 28.6 Å². The van der Waals surface area contributed by atoms with E-state index in [2.05, 4.69) is 5.10 Å².